The zero-order chi connectivity index (χ0) is 30.6. The van der Waals surface area contributed by atoms with Gasteiger partial charge in [0.15, 0.2) is 0 Å². The smallest absolute Gasteiger partial charge is 0.251 e. The van der Waals surface area contributed by atoms with Gasteiger partial charge >= 0.3 is 0 Å². The number of amides is 3. The van der Waals surface area contributed by atoms with Gasteiger partial charge in [0.2, 0.25) is 11.8 Å². The highest BCUT2D eigenvalue weighted by molar-refractivity contribution is 5.96. The number of aromatic amines is 2. The lowest BCUT2D eigenvalue weighted by atomic mass is 10.0. The van der Waals surface area contributed by atoms with Crippen molar-refractivity contribution in [3.63, 3.8) is 0 Å². The monoisotopic (exact) mass is 594 g/mol. The van der Waals surface area contributed by atoms with Crippen LogP contribution in [-0.2, 0) is 9.59 Å². The lowest BCUT2D eigenvalue weighted by Crippen LogP contribution is -2.40. The quantitative estimate of drug-likeness (QED) is 0.270. The summed E-state index contributed by atoms with van der Waals surface area (Å²) in [5.41, 5.74) is 3.03. The summed E-state index contributed by atoms with van der Waals surface area (Å²) in [4.78, 5) is 61.1. The Balaban J connectivity index is 1.12. The third-order valence-electron chi connectivity index (χ3n) is 8.52. The van der Waals surface area contributed by atoms with Crippen LogP contribution in [0.1, 0.15) is 71.4 Å². The van der Waals surface area contributed by atoms with Crippen molar-refractivity contribution in [2.45, 2.75) is 43.8 Å². The molecular formula is C33H38N8O3. The molecule has 0 bridgehead atoms. The second-order valence-electron chi connectivity index (χ2n) is 11.6. The molecular weight excluding hydrogens is 556 g/mol. The number of aromatic nitrogens is 4. The van der Waals surface area contributed by atoms with Crippen LogP contribution in [-0.4, -0.2) is 86.1 Å². The first-order valence-corrected chi connectivity index (χ1v) is 15.2. The van der Waals surface area contributed by atoms with Crippen molar-refractivity contribution in [3.8, 4) is 11.4 Å². The minimum Gasteiger partial charge on any atom is -0.343 e. The molecule has 11 nitrogen and oxygen atoms in total. The predicted molar refractivity (Wildman–Crippen MR) is 165 cm³/mol. The zero-order valence-corrected chi connectivity index (χ0v) is 25.1. The van der Waals surface area contributed by atoms with Gasteiger partial charge in [-0.3, -0.25) is 19.3 Å². The van der Waals surface area contributed by atoms with E-state index in [0.717, 1.165) is 48.5 Å². The third kappa shape index (κ3) is 6.00. The van der Waals surface area contributed by atoms with E-state index in [1.54, 1.807) is 41.6 Å². The molecule has 2 aromatic carbocycles. The van der Waals surface area contributed by atoms with Gasteiger partial charge < -0.3 is 25.1 Å². The van der Waals surface area contributed by atoms with E-state index in [9.17, 15) is 14.4 Å². The first kappa shape index (κ1) is 29.3. The summed E-state index contributed by atoms with van der Waals surface area (Å²) in [6.45, 7) is 1.22. The first-order valence-electron chi connectivity index (χ1n) is 15.2. The first-order chi connectivity index (χ1) is 21.4. The number of H-pyrrole nitrogens is 2. The molecule has 0 radical (unpaired) electrons. The average molecular weight is 595 g/mol. The third-order valence-corrected chi connectivity index (χ3v) is 8.52. The van der Waals surface area contributed by atoms with Crippen LogP contribution < -0.4 is 5.32 Å². The SMILES string of the molecule is CN(C)[C@@H](C(=O)N1CCC[C@H]1c1ncc(-c2cnc([C@@H]3CCCN3C(=O)CNC(=O)c3ccccc3)[nH]2)[nH]1)c1ccccc1. The number of benzene rings is 2. The Labute approximate surface area is 256 Å². The summed E-state index contributed by atoms with van der Waals surface area (Å²) in [6.07, 6.45) is 6.91. The average Bonchev–Trinajstić information content (AvgIpc) is 3.86. The molecule has 3 N–H and O–H groups in total. The van der Waals surface area contributed by atoms with E-state index in [-0.39, 0.29) is 42.4 Å². The maximum absolute atomic E-state index is 13.8. The normalized spacial score (nSPS) is 19.0. The molecule has 0 saturated carbocycles. The van der Waals surface area contributed by atoms with E-state index in [1.165, 1.54) is 0 Å². The number of carbonyl (C=O) groups is 3. The summed E-state index contributed by atoms with van der Waals surface area (Å²) in [5, 5.41) is 2.74. The van der Waals surface area contributed by atoms with E-state index in [1.807, 2.05) is 60.3 Å². The summed E-state index contributed by atoms with van der Waals surface area (Å²) < 4.78 is 0. The van der Waals surface area contributed by atoms with Crippen LogP contribution in [0.25, 0.3) is 11.4 Å². The Morgan fingerprint density at radius 3 is 1.98 bits per heavy atom. The zero-order valence-electron chi connectivity index (χ0n) is 25.1. The van der Waals surface area contributed by atoms with Crippen LogP contribution in [0.3, 0.4) is 0 Å². The van der Waals surface area contributed by atoms with Crippen molar-refractivity contribution in [1.29, 1.82) is 0 Å². The summed E-state index contributed by atoms with van der Waals surface area (Å²) in [6, 6.07) is 18.0. The highest BCUT2D eigenvalue weighted by Crippen LogP contribution is 2.35. The molecule has 11 heteroatoms. The molecule has 3 atom stereocenters. The van der Waals surface area contributed by atoms with Crippen LogP contribution in [0.5, 0.6) is 0 Å². The number of likely N-dealkylation sites (N-methyl/N-ethyl adjacent to an activating group) is 1. The van der Waals surface area contributed by atoms with Gasteiger partial charge in [-0.25, -0.2) is 9.97 Å². The van der Waals surface area contributed by atoms with Crippen LogP contribution in [0, 0.1) is 0 Å². The minimum absolute atomic E-state index is 0.0661. The van der Waals surface area contributed by atoms with Crippen LogP contribution >= 0.6 is 0 Å². The molecule has 2 aromatic heterocycles. The van der Waals surface area contributed by atoms with Crippen molar-refractivity contribution in [2.75, 3.05) is 33.7 Å². The molecule has 2 fully saturated rings. The molecule has 3 amide bonds. The molecule has 0 aliphatic carbocycles. The van der Waals surface area contributed by atoms with Gasteiger partial charge in [0.05, 0.1) is 42.4 Å². The topological polar surface area (TPSA) is 130 Å². The van der Waals surface area contributed by atoms with Crippen LogP contribution in [0.15, 0.2) is 73.1 Å². The Morgan fingerprint density at radius 1 is 0.841 bits per heavy atom. The summed E-state index contributed by atoms with van der Waals surface area (Å²) in [7, 11) is 3.86. The molecule has 2 aliphatic heterocycles. The molecule has 4 aromatic rings. The lowest BCUT2D eigenvalue weighted by Gasteiger charge is -2.31. The van der Waals surface area contributed by atoms with Crippen molar-refractivity contribution in [2.24, 2.45) is 0 Å². The Kier molecular flexibility index (Phi) is 8.56. The van der Waals surface area contributed by atoms with Crippen molar-refractivity contribution >= 4 is 17.7 Å². The summed E-state index contributed by atoms with van der Waals surface area (Å²) >= 11 is 0. The molecule has 0 unspecified atom stereocenters. The van der Waals surface area contributed by atoms with Crippen molar-refractivity contribution < 1.29 is 14.4 Å². The van der Waals surface area contributed by atoms with Crippen LogP contribution in [0.2, 0.25) is 0 Å². The fourth-order valence-electron chi connectivity index (χ4n) is 6.35. The van der Waals surface area contributed by atoms with Gasteiger partial charge in [-0.15, -0.1) is 0 Å². The second-order valence-corrected chi connectivity index (χ2v) is 11.6. The Morgan fingerprint density at radius 2 is 1.39 bits per heavy atom. The van der Waals surface area contributed by atoms with Crippen LogP contribution in [0.4, 0.5) is 0 Å². The number of rotatable bonds is 9. The number of nitrogens with zero attached hydrogens (tertiary/aromatic N) is 5. The highest BCUT2D eigenvalue weighted by atomic mass is 16.2. The number of imidazole rings is 2. The molecule has 2 aliphatic rings. The van der Waals surface area contributed by atoms with Gasteiger partial charge in [-0.05, 0) is 57.5 Å². The second kappa shape index (κ2) is 12.8. The molecule has 44 heavy (non-hydrogen) atoms. The lowest BCUT2D eigenvalue weighted by molar-refractivity contribution is -0.137. The van der Waals surface area contributed by atoms with Gasteiger partial charge in [-0.2, -0.15) is 0 Å². The molecule has 228 valence electrons. The highest BCUT2D eigenvalue weighted by Gasteiger charge is 2.37. The number of hydrogen-bond acceptors (Lipinski definition) is 6. The summed E-state index contributed by atoms with van der Waals surface area (Å²) in [5.74, 6) is 1.10. The standard InChI is InChI=1S/C33H38N8O3/c1-39(2)29(22-11-5-3-6-12-22)33(44)41-18-10-16-27(41)31-35-20-25(38-31)24-19-34-30(37-24)26-15-9-17-40(26)28(42)21-36-32(43)23-13-7-4-8-14-23/h3-8,11-14,19-20,26-27,29H,9-10,15-18,21H2,1-2H3,(H,34,37)(H,35,38)(H,36,43)/t26-,27-,29+/m0/s1. The largest absolute Gasteiger partial charge is 0.343 e. The van der Waals surface area contributed by atoms with E-state index in [0.29, 0.717) is 24.5 Å². The maximum Gasteiger partial charge on any atom is 0.251 e. The van der Waals surface area contributed by atoms with Gasteiger partial charge in [-0.1, -0.05) is 48.5 Å². The number of likely N-dealkylation sites (tertiary alicyclic amines) is 2. The van der Waals surface area contributed by atoms with Crippen molar-refractivity contribution in [1.82, 2.24) is 40.0 Å². The van der Waals surface area contributed by atoms with Crippen molar-refractivity contribution in [3.05, 3.63) is 95.8 Å². The Bertz CT molecular complexity index is 1600. The van der Waals surface area contributed by atoms with Gasteiger partial charge in [0.1, 0.15) is 17.7 Å². The fraction of sp³-hybridized carbons (Fsp3) is 0.364. The molecule has 0 spiro atoms. The molecule has 6 rings (SSSR count). The van der Waals surface area contributed by atoms with E-state index in [2.05, 4.69) is 25.3 Å². The predicted octanol–water partition coefficient (Wildman–Crippen LogP) is 3.86. The van der Waals surface area contributed by atoms with E-state index < -0.39 is 0 Å². The van der Waals surface area contributed by atoms with Gasteiger partial charge in [0, 0.05) is 18.7 Å². The molecule has 4 heterocycles. The number of carbonyl (C=O) groups excluding carboxylic acids is 3. The minimum atomic E-state index is -0.370. The number of hydrogen-bond donors (Lipinski definition) is 3. The molecule has 2 saturated heterocycles. The Hall–Kier alpha value is -4.77. The van der Waals surface area contributed by atoms with Gasteiger partial charge in [0.25, 0.3) is 5.91 Å². The number of nitrogens with one attached hydrogen (secondary N) is 3. The van der Waals surface area contributed by atoms with E-state index >= 15 is 0 Å². The maximum atomic E-state index is 13.8. The fourth-order valence-corrected chi connectivity index (χ4v) is 6.35. The van der Waals surface area contributed by atoms with E-state index in [4.69, 9.17) is 0 Å².